The van der Waals surface area contributed by atoms with Gasteiger partial charge < -0.3 is 14.6 Å². The molecule has 0 amide bonds. The van der Waals surface area contributed by atoms with Crippen molar-refractivity contribution in [2.75, 3.05) is 26.8 Å². The first-order chi connectivity index (χ1) is 21.7. The maximum absolute atomic E-state index is 14.1. The van der Waals surface area contributed by atoms with E-state index in [2.05, 4.69) is 9.88 Å². The summed E-state index contributed by atoms with van der Waals surface area (Å²) in [5.41, 5.74) is 4.87. The lowest BCUT2D eigenvalue weighted by Gasteiger charge is -2.41. The summed E-state index contributed by atoms with van der Waals surface area (Å²) in [6.45, 7) is 6.38. The average Bonchev–Trinajstić information content (AvgIpc) is 3.66. The number of methoxy groups -OCH3 is 1. The summed E-state index contributed by atoms with van der Waals surface area (Å²) in [7, 11) is 1.80. The number of hydrogen-bond acceptors (Lipinski definition) is 8. The van der Waals surface area contributed by atoms with Crippen molar-refractivity contribution in [1.29, 1.82) is 0 Å². The molecule has 1 N–H and O–H groups in total. The number of carbonyl (C=O) groups is 1. The Balaban J connectivity index is 1.15. The molecule has 7 rings (SSSR count). The molecule has 45 heavy (non-hydrogen) atoms. The van der Waals surface area contributed by atoms with Gasteiger partial charge in [0.2, 0.25) is 0 Å². The molecule has 0 bridgehead atoms. The van der Waals surface area contributed by atoms with Gasteiger partial charge in [0.1, 0.15) is 18.2 Å². The first-order valence-electron chi connectivity index (χ1n) is 15.6. The Labute approximate surface area is 270 Å². The fourth-order valence-electron chi connectivity index (χ4n) is 7.34. The number of aromatic nitrogens is 3. The minimum Gasteiger partial charge on any atom is -0.491 e. The van der Waals surface area contributed by atoms with Crippen molar-refractivity contribution in [3.63, 3.8) is 0 Å². The average molecular weight is 649 g/mol. The second-order valence-corrected chi connectivity index (χ2v) is 14.0. The number of aromatic carboxylic acids is 1. The largest absolute Gasteiger partial charge is 0.491 e. The van der Waals surface area contributed by atoms with Crippen molar-refractivity contribution >= 4 is 39.1 Å². The van der Waals surface area contributed by atoms with Gasteiger partial charge in [0.15, 0.2) is 0 Å². The summed E-state index contributed by atoms with van der Waals surface area (Å²) in [6.07, 6.45) is 6.41. The third kappa shape index (κ3) is 5.56. The Morgan fingerprint density at radius 3 is 2.64 bits per heavy atom. The summed E-state index contributed by atoms with van der Waals surface area (Å²) < 4.78 is 14.4. The molecule has 4 aromatic rings. The summed E-state index contributed by atoms with van der Waals surface area (Å²) in [4.78, 5) is 38.0. The van der Waals surface area contributed by atoms with Crippen molar-refractivity contribution in [1.82, 2.24) is 19.4 Å². The number of carboxylic acid groups (broad SMARTS) is 1. The van der Waals surface area contributed by atoms with Crippen molar-refractivity contribution in [2.45, 2.75) is 76.5 Å². The van der Waals surface area contributed by atoms with E-state index in [1.54, 1.807) is 23.1 Å². The standard InChI is InChI=1S/C34H37ClN4O5S/c1-19-14-25(30-29(36-19)27(18-45-30)33(41)42)24-15-21(35)4-5-28(24)44-13-12-39-20(2)37-31-26(32(39)40)16-22(17-34(31)8-9-34)38-10-6-23(43-3)7-11-38/h4-5,14-15,18,22-23H,6-13,16-17H2,1-3H3,(H,41,42)/t22-/m1/s1. The topological polar surface area (TPSA) is 107 Å². The fourth-order valence-corrected chi connectivity index (χ4v) is 8.53. The van der Waals surface area contributed by atoms with E-state index in [-0.39, 0.29) is 23.1 Å². The number of benzene rings is 1. The summed E-state index contributed by atoms with van der Waals surface area (Å²) >= 11 is 7.77. The minimum absolute atomic E-state index is 0.0460. The van der Waals surface area contributed by atoms with Crippen LogP contribution in [0.5, 0.6) is 5.75 Å². The Kier molecular flexibility index (Phi) is 7.96. The van der Waals surface area contributed by atoms with Gasteiger partial charge in [-0.25, -0.2) is 9.78 Å². The number of pyridine rings is 1. The highest BCUT2D eigenvalue weighted by atomic mass is 35.5. The van der Waals surface area contributed by atoms with Gasteiger partial charge in [-0.2, -0.15) is 0 Å². The van der Waals surface area contributed by atoms with Gasteiger partial charge >= 0.3 is 5.97 Å². The van der Waals surface area contributed by atoms with Crippen LogP contribution in [0, 0.1) is 13.8 Å². The summed E-state index contributed by atoms with van der Waals surface area (Å²) in [5, 5.41) is 11.8. The molecule has 0 radical (unpaired) electrons. The number of hydrogen-bond donors (Lipinski definition) is 1. The quantitative estimate of drug-likeness (QED) is 0.247. The first kappa shape index (κ1) is 30.3. The van der Waals surface area contributed by atoms with Gasteiger partial charge in [-0.1, -0.05) is 11.6 Å². The van der Waals surface area contributed by atoms with Crippen LogP contribution in [0.2, 0.25) is 5.02 Å². The molecular formula is C34H37ClN4O5S. The highest BCUT2D eigenvalue weighted by molar-refractivity contribution is 7.18. The van der Waals surface area contributed by atoms with E-state index in [4.69, 9.17) is 26.1 Å². The van der Waals surface area contributed by atoms with Crippen LogP contribution >= 0.6 is 22.9 Å². The van der Waals surface area contributed by atoms with Crippen LogP contribution in [0.25, 0.3) is 21.3 Å². The van der Waals surface area contributed by atoms with Crippen LogP contribution in [0.1, 0.15) is 65.2 Å². The van der Waals surface area contributed by atoms with Crippen molar-refractivity contribution in [3.8, 4) is 16.9 Å². The van der Waals surface area contributed by atoms with Crippen molar-refractivity contribution in [3.05, 3.63) is 73.4 Å². The Bertz CT molecular complexity index is 1860. The Morgan fingerprint density at radius 1 is 1.16 bits per heavy atom. The molecule has 1 atom stereocenters. The van der Waals surface area contributed by atoms with Crippen LogP contribution in [-0.2, 0) is 23.1 Å². The van der Waals surface area contributed by atoms with Crippen LogP contribution in [-0.4, -0.2) is 69.5 Å². The van der Waals surface area contributed by atoms with E-state index >= 15 is 0 Å². The number of nitrogens with zero attached hydrogens (tertiary/aromatic N) is 4. The molecular weight excluding hydrogens is 612 g/mol. The lowest BCUT2D eigenvalue weighted by atomic mass is 9.80. The van der Waals surface area contributed by atoms with Crippen LogP contribution in [0.15, 0.2) is 34.4 Å². The van der Waals surface area contributed by atoms with E-state index in [1.165, 1.54) is 11.3 Å². The zero-order valence-electron chi connectivity index (χ0n) is 25.8. The smallest absolute Gasteiger partial charge is 0.338 e. The number of thiophene rings is 1. The molecule has 1 aliphatic heterocycles. The maximum Gasteiger partial charge on any atom is 0.338 e. The van der Waals surface area contributed by atoms with Gasteiger partial charge in [-0.15, -0.1) is 11.3 Å². The fraction of sp³-hybridized carbons (Fsp3) is 0.471. The van der Waals surface area contributed by atoms with E-state index in [0.29, 0.717) is 40.7 Å². The van der Waals surface area contributed by atoms with Crippen LogP contribution in [0.3, 0.4) is 0 Å². The predicted molar refractivity (Wildman–Crippen MR) is 175 cm³/mol. The third-order valence-electron chi connectivity index (χ3n) is 9.89. The van der Waals surface area contributed by atoms with Gasteiger partial charge in [-0.3, -0.25) is 19.2 Å². The second-order valence-electron chi connectivity index (χ2n) is 12.7. The highest BCUT2D eigenvalue weighted by Crippen LogP contribution is 2.55. The number of carboxylic acids is 1. The Hall–Kier alpha value is -3.31. The lowest BCUT2D eigenvalue weighted by Crippen LogP contribution is -2.49. The zero-order valence-corrected chi connectivity index (χ0v) is 27.3. The van der Waals surface area contributed by atoms with Gasteiger partial charge in [0, 0.05) is 64.4 Å². The predicted octanol–water partition coefficient (Wildman–Crippen LogP) is 6.02. The molecule has 236 valence electrons. The first-order valence-corrected chi connectivity index (χ1v) is 16.9. The monoisotopic (exact) mass is 648 g/mol. The van der Waals surface area contributed by atoms with E-state index < -0.39 is 5.97 Å². The van der Waals surface area contributed by atoms with Gasteiger partial charge in [0.05, 0.1) is 34.1 Å². The minimum atomic E-state index is -1.01. The molecule has 1 saturated heterocycles. The SMILES string of the molecule is COC1CCN([C@@H]2Cc3c(nc(C)n(CCOc4ccc(Cl)cc4-c4cc(C)nc5c(C(=O)O)csc45)c3=O)C3(CC3)C2)CC1. The normalized spacial score (nSPS) is 19.6. The molecule has 1 aromatic carbocycles. The molecule has 3 aromatic heterocycles. The van der Waals surface area contributed by atoms with Crippen LogP contribution in [0.4, 0.5) is 0 Å². The maximum atomic E-state index is 14.1. The Morgan fingerprint density at radius 2 is 1.93 bits per heavy atom. The van der Waals surface area contributed by atoms with E-state index in [0.717, 1.165) is 84.5 Å². The van der Waals surface area contributed by atoms with Gasteiger partial charge in [-0.05, 0) is 76.6 Å². The number of ether oxygens (including phenoxy) is 2. The number of fused-ring (bicyclic) bond motifs is 3. The summed E-state index contributed by atoms with van der Waals surface area (Å²) in [6, 6.07) is 7.70. The number of rotatable bonds is 8. The second kappa shape index (κ2) is 11.8. The van der Waals surface area contributed by atoms with Crippen molar-refractivity contribution < 1.29 is 19.4 Å². The number of piperidine rings is 1. The molecule has 11 heteroatoms. The molecule has 0 unspecified atom stereocenters. The number of halogens is 1. The van der Waals surface area contributed by atoms with E-state index in [9.17, 15) is 14.7 Å². The van der Waals surface area contributed by atoms with E-state index in [1.807, 2.05) is 32.0 Å². The molecule has 1 spiro atoms. The zero-order chi connectivity index (χ0) is 31.5. The molecule has 4 heterocycles. The molecule has 2 aliphatic carbocycles. The summed E-state index contributed by atoms with van der Waals surface area (Å²) in [5.74, 6) is 0.308. The highest BCUT2D eigenvalue weighted by Gasteiger charge is 2.52. The number of likely N-dealkylation sites (tertiary alicyclic amines) is 1. The van der Waals surface area contributed by atoms with Crippen LogP contribution < -0.4 is 10.3 Å². The van der Waals surface area contributed by atoms with Gasteiger partial charge in [0.25, 0.3) is 5.56 Å². The molecule has 3 aliphatic rings. The van der Waals surface area contributed by atoms with Crippen molar-refractivity contribution in [2.24, 2.45) is 0 Å². The molecule has 2 fully saturated rings. The number of aryl methyl sites for hydroxylation is 2. The molecule has 1 saturated carbocycles. The third-order valence-corrected chi connectivity index (χ3v) is 11.1. The lowest BCUT2D eigenvalue weighted by molar-refractivity contribution is 0.0226. The molecule has 9 nitrogen and oxygen atoms in total.